The molecule has 0 unspecified atom stereocenters. The van der Waals surface area contributed by atoms with Crippen molar-refractivity contribution in [3.63, 3.8) is 0 Å². The Morgan fingerprint density at radius 3 is 2.18 bits per heavy atom. The Morgan fingerprint density at radius 2 is 1.59 bits per heavy atom. The third-order valence-corrected chi connectivity index (χ3v) is 4.16. The van der Waals surface area contributed by atoms with Gasteiger partial charge in [0.2, 0.25) is 0 Å². The Kier molecular flexibility index (Phi) is 6.12. The number of benzene rings is 2. The van der Waals surface area contributed by atoms with Crippen LogP contribution in [0.4, 0.5) is 0 Å². The third kappa shape index (κ3) is 5.26. The first-order valence-corrected chi connectivity index (χ1v) is 8.05. The maximum atomic E-state index is 11.8. The normalized spacial score (nSPS) is 11.3. The molecule has 2 rings (SSSR count). The summed E-state index contributed by atoms with van der Waals surface area (Å²) in [5.74, 6) is 0.445. The summed E-state index contributed by atoms with van der Waals surface area (Å²) >= 11 is 13.1. The standard InChI is InChI=1S/C15H13Cl2N3OS/c16-11-3-1-10(2-4-11)15(21)20-19-14(18)9-22-13-7-5-12(17)6-8-13/h1-8H,9H2,(H2,18,19)(H,20,21). The van der Waals surface area contributed by atoms with Crippen LogP contribution in [0.25, 0.3) is 0 Å². The number of hydrogen-bond acceptors (Lipinski definition) is 3. The summed E-state index contributed by atoms with van der Waals surface area (Å²) in [4.78, 5) is 12.9. The van der Waals surface area contributed by atoms with Gasteiger partial charge < -0.3 is 5.73 Å². The second-order valence-electron chi connectivity index (χ2n) is 4.29. The molecule has 0 heterocycles. The van der Waals surface area contributed by atoms with E-state index >= 15 is 0 Å². The molecule has 0 saturated carbocycles. The summed E-state index contributed by atoms with van der Waals surface area (Å²) in [6.45, 7) is 0. The zero-order valence-corrected chi connectivity index (χ0v) is 13.8. The van der Waals surface area contributed by atoms with Crippen LogP contribution in [0.15, 0.2) is 58.5 Å². The predicted molar refractivity (Wildman–Crippen MR) is 92.7 cm³/mol. The SMILES string of the molecule is N/C(CSc1ccc(Cl)cc1)=N\NC(=O)c1ccc(Cl)cc1. The predicted octanol–water partition coefficient (Wildman–Crippen LogP) is 3.79. The lowest BCUT2D eigenvalue weighted by Gasteiger charge is -2.03. The number of carbonyl (C=O) groups is 1. The molecule has 7 heteroatoms. The molecule has 0 saturated heterocycles. The molecule has 0 radical (unpaired) electrons. The van der Waals surface area contributed by atoms with E-state index < -0.39 is 0 Å². The van der Waals surface area contributed by atoms with Crippen LogP contribution in [0.3, 0.4) is 0 Å². The van der Waals surface area contributed by atoms with Crippen LogP contribution in [-0.4, -0.2) is 17.5 Å². The maximum Gasteiger partial charge on any atom is 0.271 e. The highest BCUT2D eigenvalue weighted by Gasteiger charge is 2.04. The number of carbonyl (C=O) groups excluding carboxylic acids is 1. The van der Waals surface area contributed by atoms with Crippen LogP contribution in [0.2, 0.25) is 10.0 Å². The van der Waals surface area contributed by atoms with Crippen molar-refractivity contribution in [1.29, 1.82) is 0 Å². The van der Waals surface area contributed by atoms with Gasteiger partial charge in [0.1, 0.15) is 5.84 Å². The molecule has 0 aromatic heterocycles. The summed E-state index contributed by atoms with van der Waals surface area (Å²) in [6, 6.07) is 13.9. The first-order valence-electron chi connectivity index (χ1n) is 6.31. The number of thioether (sulfide) groups is 1. The smallest absolute Gasteiger partial charge is 0.271 e. The second kappa shape index (κ2) is 8.08. The molecule has 114 valence electrons. The van der Waals surface area contributed by atoms with Gasteiger partial charge in [-0.15, -0.1) is 11.8 Å². The maximum absolute atomic E-state index is 11.8. The Morgan fingerprint density at radius 1 is 1.05 bits per heavy atom. The Bertz CT molecular complexity index is 672. The fraction of sp³-hybridized carbons (Fsp3) is 0.0667. The molecule has 1 amide bonds. The fourth-order valence-electron chi connectivity index (χ4n) is 1.51. The molecular weight excluding hydrogens is 341 g/mol. The highest BCUT2D eigenvalue weighted by Crippen LogP contribution is 2.19. The van der Waals surface area contributed by atoms with Gasteiger partial charge in [-0.3, -0.25) is 4.79 Å². The second-order valence-corrected chi connectivity index (χ2v) is 6.22. The average Bonchev–Trinajstić information content (AvgIpc) is 2.52. The first-order chi connectivity index (χ1) is 10.5. The van der Waals surface area contributed by atoms with Crippen LogP contribution >= 0.6 is 35.0 Å². The molecule has 0 aliphatic rings. The van der Waals surface area contributed by atoms with E-state index in [2.05, 4.69) is 10.5 Å². The molecule has 4 nitrogen and oxygen atoms in total. The summed E-state index contributed by atoms with van der Waals surface area (Å²) in [5, 5.41) is 5.12. The minimum absolute atomic E-state index is 0.322. The van der Waals surface area contributed by atoms with E-state index in [0.29, 0.717) is 27.2 Å². The minimum atomic E-state index is -0.337. The van der Waals surface area contributed by atoms with Crippen LogP contribution in [0, 0.1) is 0 Å². The Hall–Kier alpha value is -1.69. The number of halogens is 2. The van der Waals surface area contributed by atoms with E-state index in [1.54, 1.807) is 36.4 Å². The van der Waals surface area contributed by atoms with Crippen LogP contribution in [0.1, 0.15) is 10.4 Å². The molecule has 2 aromatic carbocycles. The van der Waals surface area contributed by atoms with Crippen LogP contribution in [-0.2, 0) is 0 Å². The van der Waals surface area contributed by atoms with Crippen molar-refractivity contribution >= 4 is 46.7 Å². The molecule has 22 heavy (non-hydrogen) atoms. The minimum Gasteiger partial charge on any atom is -0.385 e. The summed E-state index contributed by atoms with van der Waals surface area (Å²) in [6.07, 6.45) is 0. The van der Waals surface area contributed by atoms with Crippen molar-refractivity contribution in [2.75, 3.05) is 5.75 Å². The van der Waals surface area contributed by atoms with Crippen molar-refractivity contribution in [3.05, 3.63) is 64.1 Å². The van der Waals surface area contributed by atoms with Gasteiger partial charge in [0.25, 0.3) is 5.91 Å². The summed E-state index contributed by atoms with van der Waals surface area (Å²) in [5.41, 5.74) is 8.64. The van der Waals surface area contributed by atoms with Crippen molar-refractivity contribution in [1.82, 2.24) is 5.43 Å². The highest BCUT2D eigenvalue weighted by molar-refractivity contribution is 8.00. The molecule has 0 aliphatic heterocycles. The monoisotopic (exact) mass is 353 g/mol. The Labute approximate surface area is 142 Å². The highest BCUT2D eigenvalue weighted by atomic mass is 35.5. The number of rotatable bonds is 5. The van der Waals surface area contributed by atoms with E-state index in [-0.39, 0.29) is 5.91 Å². The molecule has 0 spiro atoms. The summed E-state index contributed by atoms with van der Waals surface area (Å²) < 4.78 is 0. The summed E-state index contributed by atoms with van der Waals surface area (Å²) in [7, 11) is 0. The molecule has 0 aliphatic carbocycles. The van der Waals surface area contributed by atoms with Crippen molar-refractivity contribution in [2.24, 2.45) is 10.8 Å². The number of nitrogens with one attached hydrogen (secondary N) is 1. The number of amidine groups is 1. The van der Waals surface area contributed by atoms with Gasteiger partial charge in [-0.1, -0.05) is 23.2 Å². The van der Waals surface area contributed by atoms with E-state index in [4.69, 9.17) is 28.9 Å². The molecular formula is C15H13Cl2N3OS. The van der Waals surface area contributed by atoms with Gasteiger partial charge in [-0.25, -0.2) is 5.43 Å². The van der Waals surface area contributed by atoms with E-state index in [1.165, 1.54) is 11.8 Å². The van der Waals surface area contributed by atoms with E-state index in [0.717, 1.165) is 4.90 Å². The largest absolute Gasteiger partial charge is 0.385 e. The fourth-order valence-corrected chi connectivity index (χ4v) is 2.47. The average molecular weight is 354 g/mol. The van der Waals surface area contributed by atoms with Gasteiger partial charge >= 0.3 is 0 Å². The quantitative estimate of drug-likeness (QED) is 0.372. The van der Waals surface area contributed by atoms with Gasteiger partial charge in [0.15, 0.2) is 0 Å². The van der Waals surface area contributed by atoms with Crippen LogP contribution in [0.5, 0.6) is 0 Å². The lowest BCUT2D eigenvalue weighted by molar-refractivity contribution is 0.0954. The van der Waals surface area contributed by atoms with Gasteiger partial charge in [-0.05, 0) is 48.5 Å². The number of amides is 1. The van der Waals surface area contributed by atoms with Crippen molar-refractivity contribution < 1.29 is 4.79 Å². The first kappa shape index (κ1) is 16.7. The van der Waals surface area contributed by atoms with E-state index in [9.17, 15) is 4.79 Å². The van der Waals surface area contributed by atoms with E-state index in [1.807, 2.05) is 12.1 Å². The van der Waals surface area contributed by atoms with Crippen molar-refractivity contribution in [3.8, 4) is 0 Å². The topological polar surface area (TPSA) is 67.5 Å². The zero-order chi connectivity index (χ0) is 15.9. The number of hydrogen-bond donors (Lipinski definition) is 2. The van der Waals surface area contributed by atoms with Gasteiger partial charge in [0.05, 0.1) is 5.75 Å². The van der Waals surface area contributed by atoms with Gasteiger partial charge in [0, 0.05) is 20.5 Å². The van der Waals surface area contributed by atoms with Crippen molar-refractivity contribution in [2.45, 2.75) is 4.90 Å². The molecule has 0 fully saturated rings. The molecule has 0 bridgehead atoms. The molecule has 3 N–H and O–H groups in total. The van der Waals surface area contributed by atoms with Crippen LogP contribution < -0.4 is 11.2 Å². The Balaban J connectivity index is 1.85. The number of nitrogens with zero attached hydrogens (tertiary/aromatic N) is 1. The third-order valence-electron chi connectivity index (χ3n) is 2.61. The lowest BCUT2D eigenvalue weighted by Crippen LogP contribution is -2.24. The lowest BCUT2D eigenvalue weighted by atomic mass is 10.2. The molecule has 2 aromatic rings. The number of nitrogens with two attached hydrogens (primary N) is 1. The molecule has 0 atom stereocenters. The zero-order valence-electron chi connectivity index (χ0n) is 11.4. The van der Waals surface area contributed by atoms with Gasteiger partial charge in [-0.2, -0.15) is 5.10 Å². The number of hydrazone groups is 1.